The zero-order valence-electron chi connectivity index (χ0n) is 14.4. The van der Waals surface area contributed by atoms with Crippen LogP contribution in [0.3, 0.4) is 0 Å². The molecule has 4 N–H and O–H groups in total. The number of hydrogen-bond donors (Lipinski definition) is 3. The topological polar surface area (TPSA) is 88.3 Å². The molecule has 3 unspecified atom stereocenters. The van der Waals surface area contributed by atoms with Crippen molar-refractivity contribution in [1.29, 1.82) is 0 Å². The molecule has 24 heavy (non-hydrogen) atoms. The quantitative estimate of drug-likeness (QED) is 0.757. The van der Waals surface area contributed by atoms with E-state index in [0.717, 1.165) is 56.7 Å². The molecule has 132 valence electrons. The van der Waals surface area contributed by atoms with E-state index in [1.165, 1.54) is 12.8 Å². The summed E-state index contributed by atoms with van der Waals surface area (Å²) in [7, 11) is 0. The van der Waals surface area contributed by atoms with E-state index in [-0.39, 0.29) is 0 Å². The van der Waals surface area contributed by atoms with E-state index in [0.29, 0.717) is 23.8 Å². The van der Waals surface area contributed by atoms with E-state index in [4.69, 9.17) is 10.5 Å². The van der Waals surface area contributed by atoms with Gasteiger partial charge in [-0.2, -0.15) is 4.98 Å². The van der Waals surface area contributed by atoms with Crippen molar-refractivity contribution in [2.45, 2.75) is 38.1 Å². The standard InChI is InChI=1S/C17H28N6O/c1-11-9-19-22-16(11)12-2-5-23(6-3-12)15-8-14(20-17(18)21-15)13-4-7-24-10-13/h8,11-13,16,19,22H,2-7,9-10H2,1H3,(H2,18,20,21). The minimum Gasteiger partial charge on any atom is -0.381 e. The van der Waals surface area contributed by atoms with Crippen molar-refractivity contribution >= 4 is 11.8 Å². The van der Waals surface area contributed by atoms with E-state index in [2.05, 4.69) is 38.7 Å². The average Bonchev–Trinajstić information content (AvgIpc) is 3.26. The number of ether oxygens (including phenoxy) is 1. The van der Waals surface area contributed by atoms with Crippen molar-refractivity contribution in [2.24, 2.45) is 11.8 Å². The number of nitrogens with two attached hydrogens (primary N) is 1. The third-order valence-electron chi connectivity index (χ3n) is 5.77. The van der Waals surface area contributed by atoms with Crippen molar-refractivity contribution in [2.75, 3.05) is 43.5 Å². The summed E-state index contributed by atoms with van der Waals surface area (Å²) in [5.41, 5.74) is 13.8. The predicted molar refractivity (Wildman–Crippen MR) is 93.6 cm³/mol. The summed E-state index contributed by atoms with van der Waals surface area (Å²) in [6.07, 6.45) is 3.40. The summed E-state index contributed by atoms with van der Waals surface area (Å²) >= 11 is 0. The highest BCUT2D eigenvalue weighted by atomic mass is 16.5. The zero-order chi connectivity index (χ0) is 16.5. The van der Waals surface area contributed by atoms with Gasteiger partial charge >= 0.3 is 0 Å². The maximum Gasteiger partial charge on any atom is 0.222 e. The minimum absolute atomic E-state index is 0.362. The molecule has 0 bridgehead atoms. The molecule has 0 radical (unpaired) electrons. The summed E-state index contributed by atoms with van der Waals surface area (Å²) in [5, 5.41) is 0. The maximum atomic E-state index is 5.97. The van der Waals surface area contributed by atoms with Crippen LogP contribution in [0.5, 0.6) is 0 Å². The van der Waals surface area contributed by atoms with E-state index in [1.807, 2.05) is 0 Å². The molecule has 1 aromatic heterocycles. The summed E-state index contributed by atoms with van der Waals surface area (Å²) in [6, 6.07) is 2.71. The Hall–Kier alpha value is -1.44. The Morgan fingerprint density at radius 1 is 1.25 bits per heavy atom. The molecule has 1 aromatic rings. The highest BCUT2D eigenvalue weighted by Crippen LogP contribution is 2.31. The molecule has 3 fully saturated rings. The van der Waals surface area contributed by atoms with Crippen LogP contribution in [0.15, 0.2) is 6.07 Å². The van der Waals surface area contributed by atoms with Gasteiger partial charge in [-0.1, -0.05) is 6.92 Å². The number of nitrogens with one attached hydrogen (secondary N) is 2. The second-order valence-electron chi connectivity index (χ2n) is 7.42. The Bertz CT molecular complexity index is 568. The highest BCUT2D eigenvalue weighted by Gasteiger charge is 2.33. The van der Waals surface area contributed by atoms with Gasteiger partial charge in [0.2, 0.25) is 5.95 Å². The van der Waals surface area contributed by atoms with E-state index >= 15 is 0 Å². The molecule has 4 rings (SSSR count). The molecule has 3 aliphatic rings. The number of hydrogen-bond acceptors (Lipinski definition) is 7. The minimum atomic E-state index is 0.362. The van der Waals surface area contributed by atoms with E-state index < -0.39 is 0 Å². The van der Waals surface area contributed by atoms with Crippen LogP contribution in [-0.4, -0.2) is 48.9 Å². The first-order valence-corrected chi connectivity index (χ1v) is 9.16. The average molecular weight is 332 g/mol. The molecule has 4 heterocycles. The Kier molecular flexibility index (Phi) is 4.56. The van der Waals surface area contributed by atoms with Gasteiger partial charge in [0, 0.05) is 44.3 Å². The van der Waals surface area contributed by atoms with Crippen LogP contribution >= 0.6 is 0 Å². The number of nitrogen functional groups attached to an aromatic ring is 1. The molecule has 0 aliphatic carbocycles. The summed E-state index contributed by atoms with van der Waals surface area (Å²) in [5.74, 6) is 3.15. The number of rotatable bonds is 3. The number of piperidine rings is 1. The van der Waals surface area contributed by atoms with Gasteiger partial charge in [-0.25, -0.2) is 4.98 Å². The number of nitrogens with zero attached hydrogens (tertiary/aromatic N) is 3. The molecule has 0 aromatic carbocycles. The molecule has 3 aliphatic heterocycles. The lowest BCUT2D eigenvalue weighted by Crippen LogP contribution is -2.44. The maximum absolute atomic E-state index is 5.97. The molecule has 7 nitrogen and oxygen atoms in total. The van der Waals surface area contributed by atoms with E-state index in [9.17, 15) is 0 Å². The van der Waals surface area contributed by atoms with Crippen LogP contribution < -0.4 is 21.5 Å². The molecular weight excluding hydrogens is 304 g/mol. The SMILES string of the molecule is CC1CNNC1C1CCN(c2cc(C3CCOC3)nc(N)n2)CC1. The fourth-order valence-electron chi connectivity index (χ4n) is 4.29. The third kappa shape index (κ3) is 3.20. The molecule has 0 amide bonds. The van der Waals surface area contributed by atoms with Crippen LogP contribution in [0.25, 0.3) is 0 Å². The summed E-state index contributed by atoms with van der Waals surface area (Å²) in [6.45, 7) is 7.02. The van der Waals surface area contributed by atoms with Crippen molar-refractivity contribution in [3.8, 4) is 0 Å². The molecule has 3 atom stereocenters. The fourth-order valence-corrected chi connectivity index (χ4v) is 4.29. The Morgan fingerprint density at radius 3 is 2.75 bits per heavy atom. The van der Waals surface area contributed by atoms with Gasteiger partial charge in [0.25, 0.3) is 0 Å². The van der Waals surface area contributed by atoms with Crippen molar-refractivity contribution in [3.63, 3.8) is 0 Å². The first kappa shape index (κ1) is 16.1. The van der Waals surface area contributed by atoms with Crippen molar-refractivity contribution in [3.05, 3.63) is 11.8 Å². The lowest BCUT2D eigenvalue weighted by molar-refractivity contribution is 0.193. The first-order valence-electron chi connectivity index (χ1n) is 9.16. The van der Waals surface area contributed by atoms with Crippen LogP contribution in [-0.2, 0) is 4.74 Å². The first-order chi connectivity index (χ1) is 11.7. The van der Waals surface area contributed by atoms with Crippen LogP contribution in [0.1, 0.15) is 37.8 Å². The number of aromatic nitrogens is 2. The molecule has 3 saturated heterocycles. The van der Waals surface area contributed by atoms with Gasteiger partial charge in [-0.3, -0.25) is 10.9 Å². The normalized spacial score (nSPS) is 31.7. The van der Waals surface area contributed by atoms with Crippen molar-refractivity contribution < 1.29 is 4.74 Å². The van der Waals surface area contributed by atoms with Gasteiger partial charge in [0.15, 0.2) is 0 Å². The number of hydrazine groups is 1. The Labute approximate surface area is 143 Å². The smallest absolute Gasteiger partial charge is 0.222 e. The zero-order valence-corrected chi connectivity index (χ0v) is 14.4. The monoisotopic (exact) mass is 332 g/mol. The largest absolute Gasteiger partial charge is 0.381 e. The van der Waals surface area contributed by atoms with Crippen LogP contribution in [0.2, 0.25) is 0 Å². The van der Waals surface area contributed by atoms with Gasteiger partial charge in [0.05, 0.1) is 12.3 Å². The second-order valence-corrected chi connectivity index (χ2v) is 7.42. The van der Waals surface area contributed by atoms with Gasteiger partial charge in [0.1, 0.15) is 5.82 Å². The van der Waals surface area contributed by atoms with Gasteiger partial charge < -0.3 is 15.4 Å². The van der Waals surface area contributed by atoms with E-state index in [1.54, 1.807) is 0 Å². The van der Waals surface area contributed by atoms with Crippen LogP contribution in [0.4, 0.5) is 11.8 Å². The summed E-state index contributed by atoms with van der Waals surface area (Å²) in [4.78, 5) is 11.3. The fraction of sp³-hybridized carbons (Fsp3) is 0.765. The van der Waals surface area contributed by atoms with Crippen molar-refractivity contribution in [1.82, 2.24) is 20.8 Å². The molecule has 7 heteroatoms. The number of anilines is 2. The Balaban J connectivity index is 1.43. The summed E-state index contributed by atoms with van der Waals surface area (Å²) < 4.78 is 5.49. The van der Waals surface area contributed by atoms with Gasteiger partial charge in [-0.15, -0.1) is 0 Å². The second kappa shape index (κ2) is 6.82. The molecular formula is C17H28N6O. The predicted octanol–water partition coefficient (Wildman–Crippen LogP) is 0.892. The lowest BCUT2D eigenvalue weighted by Gasteiger charge is -2.36. The molecule has 0 spiro atoms. The lowest BCUT2D eigenvalue weighted by atomic mass is 9.84. The third-order valence-corrected chi connectivity index (χ3v) is 5.77. The van der Waals surface area contributed by atoms with Crippen LogP contribution in [0, 0.1) is 11.8 Å². The van der Waals surface area contributed by atoms with Gasteiger partial charge in [-0.05, 0) is 31.1 Å². The molecule has 0 saturated carbocycles. The highest BCUT2D eigenvalue weighted by molar-refractivity contribution is 5.44. The Morgan fingerprint density at radius 2 is 2.08 bits per heavy atom.